The predicted molar refractivity (Wildman–Crippen MR) is 118 cm³/mol. The minimum Gasteiger partial charge on any atom is -0.349 e. The molecular formula is C23H23N3O2S. The average molecular weight is 406 g/mol. The van der Waals surface area contributed by atoms with Gasteiger partial charge in [-0.25, -0.2) is 4.98 Å². The van der Waals surface area contributed by atoms with Crippen molar-refractivity contribution in [1.29, 1.82) is 0 Å². The van der Waals surface area contributed by atoms with E-state index in [9.17, 15) is 9.59 Å². The molecule has 0 saturated carbocycles. The molecule has 3 heterocycles. The van der Waals surface area contributed by atoms with E-state index in [1.165, 1.54) is 22.2 Å². The van der Waals surface area contributed by atoms with Gasteiger partial charge in [0, 0.05) is 33.9 Å². The van der Waals surface area contributed by atoms with Crippen LogP contribution in [0, 0.1) is 20.8 Å². The van der Waals surface area contributed by atoms with Crippen LogP contribution in [-0.4, -0.2) is 19.9 Å². The zero-order valence-electron chi connectivity index (χ0n) is 17.0. The van der Waals surface area contributed by atoms with Gasteiger partial charge in [0.25, 0.3) is 5.56 Å². The zero-order chi connectivity index (χ0) is 20.7. The highest BCUT2D eigenvalue weighted by Gasteiger charge is 2.20. The molecule has 148 valence electrons. The number of carbonyl (C=O) groups is 1. The fraction of sp³-hybridized carbons (Fsp3) is 0.261. The van der Waals surface area contributed by atoms with E-state index >= 15 is 0 Å². The van der Waals surface area contributed by atoms with Gasteiger partial charge in [-0.1, -0.05) is 30.3 Å². The molecule has 4 aromatic rings. The van der Waals surface area contributed by atoms with Crippen LogP contribution in [0.25, 0.3) is 21.3 Å². The van der Waals surface area contributed by atoms with E-state index in [0.717, 1.165) is 33.9 Å². The zero-order valence-corrected chi connectivity index (χ0v) is 17.8. The molecule has 0 fully saturated rings. The maximum Gasteiger partial charge on any atom is 0.263 e. The number of aromatic nitrogens is 3. The summed E-state index contributed by atoms with van der Waals surface area (Å²) in [6.07, 6.45) is 1.49. The number of carbonyl (C=O) groups excluding carboxylic acids is 1. The molecule has 5 nitrogen and oxygen atoms in total. The lowest BCUT2D eigenvalue weighted by Crippen LogP contribution is -2.24. The Bertz CT molecular complexity index is 1280. The van der Waals surface area contributed by atoms with E-state index in [0.29, 0.717) is 15.8 Å². The lowest BCUT2D eigenvalue weighted by molar-refractivity contribution is 0.0970. The van der Waals surface area contributed by atoms with Crippen LogP contribution >= 0.6 is 11.3 Å². The number of rotatable bonds is 5. The molecule has 0 bridgehead atoms. The van der Waals surface area contributed by atoms with Gasteiger partial charge in [0.15, 0.2) is 5.78 Å². The van der Waals surface area contributed by atoms with E-state index < -0.39 is 0 Å². The van der Waals surface area contributed by atoms with Crippen molar-refractivity contribution in [2.24, 2.45) is 0 Å². The Morgan fingerprint density at radius 1 is 1.14 bits per heavy atom. The number of hydrogen-bond donors (Lipinski definition) is 0. The van der Waals surface area contributed by atoms with Gasteiger partial charge in [0.1, 0.15) is 4.83 Å². The minimum absolute atomic E-state index is 0.0150. The summed E-state index contributed by atoms with van der Waals surface area (Å²) in [6.45, 7) is 8.80. The molecule has 0 unspecified atom stereocenters. The second kappa shape index (κ2) is 7.44. The highest BCUT2D eigenvalue weighted by molar-refractivity contribution is 7.19. The highest BCUT2D eigenvalue weighted by atomic mass is 32.1. The number of nitrogens with zero attached hydrogens (tertiary/aromatic N) is 3. The van der Waals surface area contributed by atoms with Gasteiger partial charge in [-0.05, 0) is 39.3 Å². The van der Waals surface area contributed by atoms with Crippen molar-refractivity contribution >= 4 is 27.3 Å². The third-order valence-electron chi connectivity index (χ3n) is 5.42. The fourth-order valence-corrected chi connectivity index (χ4v) is 5.02. The van der Waals surface area contributed by atoms with Crippen LogP contribution in [0.5, 0.6) is 0 Å². The monoisotopic (exact) mass is 405 g/mol. The van der Waals surface area contributed by atoms with Crippen molar-refractivity contribution in [2.75, 3.05) is 0 Å². The molecule has 0 aliphatic heterocycles. The van der Waals surface area contributed by atoms with E-state index in [-0.39, 0.29) is 17.9 Å². The first kappa shape index (κ1) is 19.3. The first-order valence-corrected chi connectivity index (χ1v) is 10.5. The molecule has 6 heteroatoms. The Morgan fingerprint density at radius 3 is 2.52 bits per heavy atom. The average Bonchev–Trinajstić information content (AvgIpc) is 3.20. The molecule has 4 rings (SSSR count). The highest BCUT2D eigenvalue weighted by Crippen LogP contribution is 2.35. The van der Waals surface area contributed by atoms with Crippen molar-refractivity contribution < 1.29 is 4.79 Å². The molecule has 29 heavy (non-hydrogen) atoms. The summed E-state index contributed by atoms with van der Waals surface area (Å²) in [6, 6.07) is 11.8. The van der Waals surface area contributed by atoms with Crippen molar-refractivity contribution in [3.63, 3.8) is 0 Å². The molecule has 0 radical (unpaired) electrons. The first-order chi connectivity index (χ1) is 13.9. The van der Waals surface area contributed by atoms with Gasteiger partial charge < -0.3 is 4.57 Å². The van der Waals surface area contributed by atoms with Gasteiger partial charge in [0.2, 0.25) is 0 Å². The van der Waals surface area contributed by atoms with E-state index in [1.807, 2.05) is 57.2 Å². The molecule has 0 aliphatic carbocycles. The Morgan fingerprint density at radius 2 is 1.86 bits per heavy atom. The van der Waals surface area contributed by atoms with Gasteiger partial charge in [-0.3, -0.25) is 14.2 Å². The predicted octanol–water partition coefficient (Wildman–Crippen LogP) is 4.75. The first-order valence-electron chi connectivity index (χ1n) is 9.66. The normalized spacial score (nSPS) is 11.3. The van der Waals surface area contributed by atoms with Crippen LogP contribution < -0.4 is 5.56 Å². The number of aryl methyl sites for hydroxylation is 2. The summed E-state index contributed by atoms with van der Waals surface area (Å²) in [5.74, 6) is -0.0748. The largest absolute Gasteiger partial charge is 0.349 e. The van der Waals surface area contributed by atoms with E-state index in [4.69, 9.17) is 0 Å². The number of benzene rings is 1. The van der Waals surface area contributed by atoms with Crippen molar-refractivity contribution in [3.05, 3.63) is 74.9 Å². The number of fused-ring (bicyclic) bond motifs is 1. The van der Waals surface area contributed by atoms with E-state index in [2.05, 4.69) is 16.5 Å². The summed E-state index contributed by atoms with van der Waals surface area (Å²) >= 11 is 1.51. The number of thiophene rings is 1. The second-order valence-corrected chi connectivity index (χ2v) is 8.41. The molecule has 0 N–H and O–H groups in total. The topological polar surface area (TPSA) is 56.9 Å². The van der Waals surface area contributed by atoms with Gasteiger partial charge >= 0.3 is 0 Å². The third-order valence-corrected chi connectivity index (χ3v) is 6.43. The Balaban J connectivity index is 1.79. The van der Waals surface area contributed by atoms with Crippen LogP contribution in [0.1, 0.15) is 33.5 Å². The van der Waals surface area contributed by atoms with Gasteiger partial charge in [-0.15, -0.1) is 11.3 Å². The number of hydrogen-bond acceptors (Lipinski definition) is 4. The maximum atomic E-state index is 13.3. The lowest BCUT2D eigenvalue weighted by atomic mass is 10.0. The molecule has 0 saturated heterocycles. The molecule has 0 aliphatic rings. The number of Topliss-reactive ketones (excluding diaryl/α,β-unsaturated/α-hetero) is 1. The van der Waals surface area contributed by atoms with Gasteiger partial charge in [-0.2, -0.15) is 0 Å². The third kappa shape index (κ3) is 3.23. The summed E-state index contributed by atoms with van der Waals surface area (Å²) in [7, 11) is 0. The molecule has 0 spiro atoms. The molecule has 3 aromatic heterocycles. The number of ketones is 1. The lowest BCUT2D eigenvalue weighted by Gasteiger charge is -2.08. The van der Waals surface area contributed by atoms with Crippen molar-refractivity contribution in [2.45, 2.75) is 40.8 Å². The van der Waals surface area contributed by atoms with Crippen LogP contribution in [-0.2, 0) is 13.1 Å². The molecule has 0 atom stereocenters. The second-order valence-electron chi connectivity index (χ2n) is 7.21. The summed E-state index contributed by atoms with van der Waals surface area (Å²) in [4.78, 5) is 32.5. The quantitative estimate of drug-likeness (QED) is 0.450. The Hall–Kier alpha value is -2.99. The minimum atomic E-state index is -0.171. The summed E-state index contributed by atoms with van der Waals surface area (Å²) in [5, 5.41) is 0.591. The van der Waals surface area contributed by atoms with Crippen molar-refractivity contribution in [3.8, 4) is 11.1 Å². The maximum absolute atomic E-state index is 13.3. The molecule has 1 aromatic carbocycles. The molecule has 0 amide bonds. The SMILES string of the molecule is CCn1c(C)cc(C(=O)Cn2cnc3sc(C)c(-c4ccccc4)c3c2=O)c1C. The summed E-state index contributed by atoms with van der Waals surface area (Å²) < 4.78 is 3.54. The smallest absolute Gasteiger partial charge is 0.263 e. The van der Waals surface area contributed by atoms with Crippen LogP contribution in [0.15, 0.2) is 47.5 Å². The van der Waals surface area contributed by atoms with Crippen LogP contribution in [0.3, 0.4) is 0 Å². The Kier molecular flexibility index (Phi) is 4.96. The van der Waals surface area contributed by atoms with Gasteiger partial charge in [0.05, 0.1) is 18.3 Å². The fourth-order valence-electron chi connectivity index (χ4n) is 4.01. The van der Waals surface area contributed by atoms with Crippen molar-refractivity contribution in [1.82, 2.24) is 14.1 Å². The Labute approximate surface area is 173 Å². The van der Waals surface area contributed by atoms with Crippen LogP contribution in [0.2, 0.25) is 0 Å². The van der Waals surface area contributed by atoms with Crippen LogP contribution in [0.4, 0.5) is 0 Å². The summed E-state index contributed by atoms with van der Waals surface area (Å²) in [5.41, 5.74) is 4.39. The van der Waals surface area contributed by atoms with E-state index in [1.54, 1.807) is 0 Å². The molecular weight excluding hydrogens is 382 g/mol. The standard InChI is InChI=1S/C23H23N3O2S/c1-5-26-14(2)11-18(15(26)3)19(27)12-25-13-24-22-21(23(25)28)20(16(4)29-22)17-9-7-6-8-10-17/h6-11,13H,5,12H2,1-4H3.